The first-order valence-electron chi connectivity index (χ1n) is 10.3. The molecule has 2 aliphatic rings. The van der Waals surface area contributed by atoms with Crippen molar-refractivity contribution in [2.45, 2.75) is 25.5 Å². The topological polar surface area (TPSA) is 67.8 Å². The summed E-state index contributed by atoms with van der Waals surface area (Å²) in [4.78, 5) is 9.21. The average Bonchev–Trinajstić information content (AvgIpc) is 3.28. The van der Waals surface area contributed by atoms with Gasteiger partial charge in [0.15, 0.2) is 17.5 Å². The molecule has 2 saturated heterocycles. The Morgan fingerprint density at radius 3 is 2.27 bits per heavy atom. The minimum atomic E-state index is 0. The van der Waals surface area contributed by atoms with E-state index in [0.717, 1.165) is 70.2 Å². The minimum absolute atomic E-state index is 0. The summed E-state index contributed by atoms with van der Waals surface area (Å²) in [5.74, 6) is 2.98. The standard InChI is InChI=1S/C21H34N4O4.HI/c1-22-21(23-14-17-6-5-11-29-17)25-9-7-24(8-10-25)15-16-12-18(26-2)20(28-4)19(13-16)27-3;/h12-13,17H,5-11,14-15H2,1-4H3,(H,22,23);1H. The lowest BCUT2D eigenvalue weighted by atomic mass is 10.1. The minimum Gasteiger partial charge on any atom is -0.493 e. The number of nitrogens with one attached hydrogen (secondary N) is 1. The molecule has 1 N–H and O–H groups in total. The van der Waals surface area contributed by atoms with Gasteiger partial charge < -0.3 is 29.2 Å². The molecule has 170 valence electrons. The van der Waals surface area contributed by atoms with Crippen LogP contribution in [0, 0.1) is 0 Å². The van der Waals surface area contributed by atoms with Gasteiger partial charge in [-0.15, -0.1) is 24.0 Å². The van der Waals surface area contributed by atoms with Gasteiger partial charge in [-0.1, -0.05) is 0 Å². The van der Waals surface area contributed by atoms with Crippen LogP contribution in [0.3, 0.4) is 0 Å². The molecule has 0 amide bonds. The first-order chi connectivity index (χ1) is 14.2. The highest BCUT2D eigenvalue weighted by atomic mass is 127. The Kier molecular flexibility index (Phi) is 10.3. The fourth-order valence-corrected chi connectivity index (χ4v) is 3.95. The average molecular weight is 534 g/mol. The maximum Gasteiger partial charge on any atom is 0.203 e. The predicted octanol–water partition coefficient (Wildman–Crippen LogP) is 2.20. The number of ether oxygens (including phenoxy) is 4. The second kappa shape index (κ2) is 12.4. The van der Waals surface area contributed by atoms with Crippen molar-refractivity contribution >= 4 is 29.9 Å². The molecule has 2 heterocycles. The van der Waals surface area contributed by atoms with Crippen LogP contribution in [-0.4, -0.2) is 89.6 Å². The Labute approximate surface area is 196 Å². The van der Waals surface area contributed by atoms with Crippen molar-refractivity contribution in [2.24, 2.45) is 4.99 Å². The molecule has 1 aromatic rings. The van der Waals surface area contributed by atoms with Crippen molar-refractivity contribution in [3.63, 3.8) is 0 Å². The molecule has 1 unspecified atom stereocenters. The number of piperazine rings is 1. The molecule has 30 heavy (non-hydrogen) atoms. The Balaban J connectivity index is 0.00000320. The van der Waals surface area contributed by atoms with E-state index < -0.39 is 0 Å². The number of aliphatic imine (C=N–C) groups is 1. The van der Waals surface area contributed by atoms with Crippen LogP contribution in [0.2, 0.25) is 0 Å². The molecule has 8 nitrogen and oxygen atoms in total. The normalized spacial score (nSPS) is 19.9. The number of benzene rings is 1. The Morgan fingerprint density at radius 2 is 1.77 bits per heavy atom. The van der Waals surface area contributed by atoms with Gasteiger partial charge in [-0.05, 0) is 30.5 Å². The van der Waals surface area contributed by atoms with E-state index >= 15 is 0 Å². The summed E-state index contributed by atoms with van der Waals surface area (Å²) in [5, 5.41) is 3.47. The molecule has 0 radical (unpaired) electrons. The zero-order valence-corrected chi connectivity index (χ0v) is 20.8. The molecule has 2 fully saturated rings. The second-order valence-electron chi connectivity index (χ2n) is 7.36. The van der Waals surface area contributed by atoms with Crippen LogP contribution in [0.15, 0.2) is 17.1 Å². The first-order valence-corrected chi connectivity index (χ1v) is 10.3. The van der Waals surface area contributed by atoms with E-state index in [2.05, 4.69) is 20.1 Å². The molecule has 1 aromatic carbocycles. The van der Waals surface area contributed by atoms with Crippen molar-refractivity contribution in [3.05, 3.63) is 17.7 Å². The maximum absolute atomic E-state index is 5.70. The first kappa shape index (κ1) is 24.8. The van der Waals surface area contributed by atoms with Gasteiger partial charge in [0.25, 0.3) is 0 Å². The summed E-state index contributed by atoms with van der Waals surface area (Å²) in [6.45, 7) is 6.37. The van der Waals surface area contributed by atoms with Gasteiger partial charge >= 0.3 is 0 Å². The molecule has 0 aliphatic carbocycles. The monoisotopic (exact) mass is 534 g/mol. The zero-order valence-electron chi connectivity index (χ0n) is 18.5. The highest BCUT2D eigenvalue weighted by Crippen LogP contribution is 2.38. The largest absolute Gasteiger partial charge is 0.493 e. The van der Waals surface area contributed by atoms with Crippen molar-refractivity contribution in [3.8, 4) is 17.2 Å². The third-order valence-corrected chi connectivity index (χ3v) is 5.53. The molecule has 0 aromatic heterocycles. The van der Waals surface area contributed by atoms with E-state index in [1.165, 1.54) is 0 Å². The summed E-state index contributed by atoms with van der Waals surface area (Å²) < 4.78 is 22.1. The van der Waals surface area contributed by atoms with Crippen LogP contribution < -0.4 is 19.5 Å². The number of rotatable bonds is 7. The van der Waals surface area contributed by atoms with E-state index in [1.54, 1.807) is 21.3 Å². The summed E-state index contributed by atoms with van der Waals surface area (Å²) in [7, 11) is 6.77. The van der Waals surface area contributed by atoms with Crippen LogP contribution >= 0.6 is 24.0 Å². The summed E-state index contributed by atoms with van der Waals surface area (Å²) >= 11 is 0. The van der Waals surface area contributed by atoms with E-state index in [-0.39, 0.29) is 24.0 Å². The van der Waals surface area contributed by atoms with E-state index in [9.17, 15) is 0 Å². The Hall–Kier alpha value is -1.46. The fraction of sp³-hybridized carbons (Fsp3) is 0.667. The van der Waals surface area contributed by atoms with Gasteiger partial charge in [0, 0.05) is 52.9 Å². The van der Waals surface area contributed by atoms with Crippen molar-refractivity contribution < 1.29 is 18.9 Å². The van der Waals surface area contributed by atoms with Gasteiger partial charge in [-0.2, -0.15) is 0 Å². The van der Waals surface area contributed by atoms with E-state index in [4.69, 9.17) is 18.9 Å². The van der Waals surface area contributed by atoms with Crippen molar-refractivity contribution in [1.82, 2.24) is 15.1 Å². The quantitative estimate of drug-likeness (QED) is 0.327. The summed E-state index contributed by atoms with van der Waals surface area (Å²) in [6.07, 6.45) is 2.60. The van der Waals surface area contributed by atoms with Gasteiger partial charge in [0.2, 0.25) is 5.75 Å². The third-order valence-electron chi connectivity index (χ3n) is 5.53. The maximum atomic E-state index is 5.70. The molecule has 0 saturated carbocycles. The van der Waals surface area contributed by atoms with E-state index in [1.807, 2.05) is 19.2 Å². The molecular formula is C21H35IN4O4. The summed E-state index contributed by atoms with van der Waals surface area (Å²) in [6, 6.07) is 4.05. The number of guanidine groups is 1. The molecule has 9 heteroatoms. The van der Waals surface area contributed by atoms with Gasteiger partial charge in [0.05, 0.1) is 27.4 Å². The number of halogens is 1. The highest BCUT2D eigenvalue weighted by molar-refractivity contribution is 14.0. The number of methoxy groups -OCH3 is 3. The van der Waals surface area contributed by atoms with Crippen molar-refractivity contribution in [2.75, 3.05) is 67.7 Å². The van der Waals surface area contributed by atoms with Gasteiger partial charge in [-0.3, -0.25) is 9.89 Å². The lowest BCUT2D eigenvalue weighted by Gasteiger charge is -2.36. The van der Waals surface area contributed by atoms with Crippen LogP contribution in [0.25, 0.3) is 0 Å². The van der Waals surface area contributed by atoms with Gasteiger partial charge in [0.1, 0.15) is 0 Å². The molecule has 3 rings (SSSR count). The lowest BCUT2D eigenvalue weighted by molar-refractivity contribution is 0.112. The smallest absolute Gasteiger partial charge is 0.203 e. The number of nitrogens with zero attached hydrogens (tertiary/aromatic N) is 3. The van der Waals surface area contributed by atoms with Crippen LogP contribution in [0.4, 0.5) is 0 Å². The van der Waals surface area contributed by atoms with E-state index in [0.29, 0.717) is 23.4 Å². The molecule has 0 bridgehead atoms. The molecule has 0 spiro atoms. The number of hydrogen-bond acceptors (Lipinski definition) is 6. The fourth-order valence-electron chi connectivity index (χ4n) is 3.95. The Morgan fingerprint density at radius 1 is 1.10 bits per heavy atom. The van der Waals surface area contributed by atoms with Crippen LogP contribution in [-0.2, 0) is 11.3 Å². The SMILES string of the molecule is CN=C(NCC1CCCO1)N1CCN(Cc2cc(OC)c(OC)c(OC)c2)CC1.I. The zero-order chi connectivity index (χ0) is 20.6. The molecule has 1 atom stereocenters. The predicted molar refractivity (Wildman–Crippen MR) is 129 cm³/mol. The van der Waals surface area contributed by atoms with Crippen LogP contribution in [0.5, 0.6) is 17.2 Å². The molecular weight excluding hydrogens is 499 g/mol. The molecule has 2 aliphatic heterocycles. The third kappa shape index (κ3) is 6.27. The highest BCUT2D eigenvalue weighted by Gasteiger charge is 2.22. The second-order valence-corrected chi connectivity index (χ2v) is 7.36. The summed E-state index contributed by atoms with van der Waals surface area (Å²) in [5.41, 5.74) is 1.15. The Bertz CT molecular complexity index is 665. The van der Waals surface area contributed by atoms with Crippen molar-refractivity contribution in [1.29, 1.82) is 0 Å². The lowest BCUT2D eigenvalue weighted by Crippen LogP contribution is -2.53. The van der Waals surface area contributed by atoms with Gasteiger partial charge in [-0.25, -0.2) is 0 Å². The number of hydrogen-bond donors (Lipinski definition) is 1. The van der Waals surface area contributed by atoms with Crippen LogP contribution in [0.1, 0.15) is 18.4 Å².